The summed E-state index contributed by atoms with van der Waals surface area (Å²) >= 11 is 5.65. The molecule has 0 aliphatic rings. The Labute approximate surface area is 142 Å². The molecule has 0 fully saturated rings. The van der Waals surface area contributed by atoms with Crippen LogP contribution in [-0.2, 0) is 6.18 Å². The number of nitro groups is 1. The largest absolute Gasteiger partial charge is 0.452 e. The number of ether oxygens (including phenoxy) is 1. The zero-order valence-corrected chi connectivity index (χ0v) is 12.9. The van der Waals surface area contributed by atoms with Gasteiger partial charge in [-0.15, -0.1) is 0 Å². The molecule has 0 saturated carbocycles. The van der Waals surface area contributed by atoms with Gasteiger partial charge in [-0.3, -0.25) is 14.9 Å². The summed E-state index contributed by atoms with van der Waals surface area (Å²) in [5.41, 5.74) is -1.53. The lowest BCUT2D eigenvalue weighted by Crippen LogP contribution is -2.14. The molecule has 10 heteroatoms. The predicted octanol–water partition coefficient (Wildman–Crippen LogP) is 4.75. The minimum atomic E-state index is -4.80. The van der Waals surface area contributed by atoms with Gasteiger partial charge in [0.1, 0.15) is 5.75 Å². The van der Waals surface area contributed by atoms with Crippen LogP contribution in [0.1, 0.15) is 15.9 Å². The van der Waals surface area contributed by atoms with Crippen LogP contribution in [0.4, 0.5) is 17.6 Å². The van der Waals surface area contributed by atoms with E-state index in [2.05, 4.69) is 0 Å². The quantitative estimate of drug-likeness (QED) is 0.326. The molecule has 0 radical (unpaired) electrons. The van der Waals surface area contributed by atoms with E-state index in [1.165, 1.54) is 24.3 Å². The van der Waals surface area contributed by atoms with E-state index in [1.807, 2.05) is 0 Å². The number of halogens is 5. The number of para-hydroxylation sites is 1. The summed E-state index contributed by atoms with van der Waals surface area (Å²) in [6, 6.07) is 5.88. The van der Waals surface area contributed by atoms with E-state index in [-0.39, 0.29) is 17.4 Å². The van der Waals surface area contributed by atoms with Gasteiger partial charge in [-0.1, -0.05) is 23.7 Å². The highest BCUT2D eigenvalue weighted by Gasteiger charge is 2.33. The molecular formula is C15H8ClF4NO4. The fraction of sp³-hybridized carbons (Fsp3) is 0.133. The molecule has 0 N–H and O–H groups in total. The van der Waals surface area contributed by atoms with Crippen LogP contribution in [0.25, 0.3) is 0 Å². The van der Waals surface area contributed by atoms with Gasteiger partial charge in [-0.2, -0.15) is 13.2 Å². The van der Waals surface area contributed by atoms with Gasteiger partial charge in [0, 0.05) is 4.92 Å². The Morgan fingerprint density at radius 1 is 1.24 bits per heavy atom. The van der Waals surface area contributed by atoms with Crippen LogP contribution in [-0.4, -0.2) is 17.3 Å². The first kappa shape index (κ1) is 18.7. The summed E-state index contributed by atoms with van der Waals surface area (Å²) in [7, 11) is 0. The first-order valence-electron chi connectivity index (χ1n) is 6.57. The SMILES string of the molecule is O=C(C[N+](=O)[O-])c1ccccc1Oc1c(F)cc(C(F)(F)F)cc1Cl. The molecule has 0 spiro atoms. The summed E-state index contributed by atoms with van der Waals surface area (Å²) in [6.07, 6.45) is -4.80. The molecule has 132 valence electrons. The number of hydrogen-bond donors (Lipinski definition) is 0. The number of benzene rings is 2. The Balaban J connectivity index is 2.41. The normalized spacial score (nSPS) is 11.2. The van der Waals surface area contributed by atoms with Gasteiger partial charge < -0.3 is 4.74 Å². The summed E-state index contributed by atoms with van der Waals surface area (Å²) in [5, 5.41) is 9.79. The van der Waals surface area contributed by atoms with Crippen molar-refractivity contribution in [2.45, 2.75) is 6.18 Å². The second-order valence-electron chi connectivity index (χ2n) is 4.78. The topological polar surface area (TPSA) is 69.4 Å². The van der Waals surface area contributed by atoms with Crippen molar-refractivity contribution in [1.82, 2.24) is 0 Å². The first-order valence-corrected chi connectivity index (χ1v) is 6.95. The Bertz CT molecular complexity index is 816. The molecule has 2 aromatic rings. The molecule has 0 aliphatic carbocycles. The van der Waals surface area contributed by atoms with E-state index in [9.17, 15) is 32.5 Å². The third-order valence-electron chi connectivity index (χ3n) is 3.00. The lowest BCUT2D eigenvalue weighted by Gasteiger charge is -2.14. The molecule has 0 atom stereocenters. The summed E-state index contributed by atoms with van der Waals surface area (Å²) in [6.45, 7) is -1.02. The van der Waals surface area contributed by atoms with Crippen molar-refractivity contribution in [2.24, 2.45) is 0 Å². The highest BCUT2D eigenvalue weighted by atomic mass is 35.5. The van der Waals surface area contributed by atoms with Crippen LogP contribution >= 0.6 is 11.6 Å². The standard InChI is InChI=1S/C15H8ClF4NO4/c16-10-5-8(15(18,19)20)6-11(17)14(10)25-13-4-2-1-3-9(13)12(22)7-21(23)24/h1-6H,7H2. The van der Waals surface area contributed by atoms with Crippen LogP contribution in [0, 0.1) is 15.9 Å². The van der Waals surface area contributed by atoms with E-state index in [0.717, 1.165) is 0 Å². The molecule has 0 aromatic heterocycles. The molecule has 0 unspecified atom stereocenters. The van der Waals surface area contributed by atoms with Gasteiger partial charge in [-0.05, 0) is 24.3 Å². The van der Waals surface area contributed by atoms with Gasteiger partial charge in [0.25, 0.3) is 6.54 Å². The maximum atomic E-state index is 14.0. The molecule has 0 aliphatic heterocycles. The van der Waals surface area contributed by atoms with Crippen molar-refractivity contribution in [3.63, 3.8) is 0 Å². The number of carbonyl (C=O) groups excluding carboxylic acids is 1. The van der Waals surface area contributed by atoms with Crippen LogP contribution in [0.15, 0.2) is 36.4 Å². The Morgan fingerprint density at radius 3 is 2.44 bits per heavy atom. The maximum Gasteiger partial charge on any atom is 0.416 e. The minimum absolute atomic E-state index is 0.197. The van der Waals surface area contributed by atoms with Crippen molar-refractivity contribution in [1.29, 1.82) is 0 Å². The first-order chi connectivity index (χ1) is 11.6. The molecule has 5 nitrogen and oxygen atoms in total. The number of carbonyl (C=O) groups is 1. The number of hydrogen-bond acceptors (Lipinski definition) is 4. The fourth-order valence-corrected chi connectivity index (χ4v) is 2.17. The van der Waals surface area contributed by atoms with E-state index >= 15 is 0 Å². The Hall–Kier alpha value is -2.68. The Morgan fingerprint density at radius 2 is 1.88 bits per heavy atom. The number of nitrogens with zero attached hydrogens (tertiary/aromatic N) is 1. The average molecular weight is 378 g/mol. The monoisotopic (exact) mass is 377 g/mol. The van der Waals surface area contributed by atoms with Crippen molar-refractivity contribution in [3.8, 4) is 11.5 Å². The van der Waals surface area contributed by atoms with Gasteiger partial charge >= 0.3 is 6.18 Å². The van der Waals surface area contributed by atoms with Crippen LogP contribution < -0.4 is 4.74 Å². The molecule has 0 heterocycles. The molecule has 0 bridgehead atoms. The van der Waals surface area contributed by atoms with Gasteiger partial charge in [0.05, 0.1) is 16.1 Å². The van der Waals surface area contributed by atoms with Crippen molar-refractivity contribution >= 4 is 17.4 Å². The third-order valence-corrected chi connectivity index (χ3v) is 3.28. The Kier molecular flexibility index (Phi) is 5.27. The zero-order chi connectivity index (χ0) is 18.8. The van der Waals surface area contributed by atoms with Crippen molar-refractivity contribution in [3.05, 3.63) is 68.5 Å². The molecule has 0 amide bonds. The van der Waals surface area contributed by atoms with Crippen LogP contribution in [0.3, 0.4) is 0 Å². The molecule has 2 aromatic carbocycles. The highest BCUT2D eigenvalue weighted by molar-refractivity contribution is 6.32. The predicted molar refractivity (Wildman–Crippen MR) is 79.1 cm³/mol. The smallest absolute Gasteiger partial charge is 0.416 e. The van der Waals surface area contributed by atoms with E-state index in [4.69, 9.17) is 16.3 Å². The van der Waals surface area contributed by atoms with Gasteiger partial charge in [0.15, 0.2) is 11.6 Å². The number of rotatable bonds is 5. The maximum absolute atomic E-state index is 14.0. The van der Waals surface area contributed by atoms with Crippen LogP contribution in [0.2, 0.25) is 5.02 Å². The third kappa shape index (κ3) is 4.44. The van der Waals surface area contributed by atoms with Gasteiger partial charge in [-0.25, -0.2) is 4.39 Å². The van der Waals surface area contributed by atoms with Gasteiger partial charge in [0.2, 0.25) is 5.78 Å². The number of alkyl halides is 3. The lowest BCUT2D eigenvalue weighted by atomic mass is 10.1. The summed E-state index contributed by atoms with van der Waals surface area (Å²) in [5.74, 6) is -3.30. The summed E-state index contributed by atoms with van der Waals surface area (Å²) in [4.78, 5) is 21.4. The molecule has 0 saturated heterocycles. The minimum Gasteiger partial charge on any atom is -0.452 e. The average Bonchev–Trinajstić information content (AvgIpc) is 2.49. The molecule has 2 rings (SSSR count). The number of Topliss-reactive ketones (excluding diaryl/α,β-unsaturated/α-hetero) is 1. The fourth-order valence-electron chi connectivity index (χ4n) is 1.92. The molecule has 25 heavy (non-hydrogen) atoms. The second-order valence-corrected chi connectivity index (χ2v) is 5.19. The lowest BCUT2D eigenvalue weighted by molar-refractivity contribution is -0.465. The van der Waals surface area contributed by atoms with E-state index in [1.54, 1.807) is 0 Å². The van der Waals surface area contributed by atoms with Crippen molar-refractivity contribution in [2.75, 3.05) is 6.54 Å². The highest BCUT2D eigenvalue weighted by Crippen LogP contribution is 2.39. The molecular weight excluding hydrogens is 370 g/mol. The zero-order valence-electron chi connectivity index (χ0n) is 12.1. The van der Waals surface area contributed by atoms with Crippen LogP contribution in [0.5, 0.6) is 11.5 Å². The number of ketones is 1. The van der Waals surface area contributed by atoms with Crippen molar-refractivity contribution < 1.29 is 32.0 Å². The van der Waals surface area contributed by atoms with E-state index in [0.29, 0.717) is 6.07 Å². The summed E-state index contributed by atoms with van der Waals surface area (Å²) < 4.78 is 57.0. The second kappa shape index (κ2) is 7.06. The van der Waals surface area contributed by atoms with E-state index < -0.39 is 45.6 Å².